The van der Waals surface area contributed by atoms with Gasteiger partial charge in [0.15, 0.2) is 0 Å². The van der Waals surface area contributed by atoms with E-state index in [2.05, 4.69) is 5.32 Å². The van der Waals surface area contributed by atoms with E-state index in [4.69, 9.17) is 15.9 Å². The SMILES string of the molecule is CC1=C(C(=O)O)SC(=N)/C1=C(\N)Nc1ccc(F)cc1O[C@H]1CC[C@@H](N(C)S(C)(=O)=O)CC1. The predicted molar refractivity (Wildman–Crippen MR) is 126 cm³/mol. The van der Waals surface area contributed by atoms with Crippen LogP contribution in [0.15, 0.2) is 40.1 Å². The lowest BCUT2D eigenvalue weighted by molar-refractivity contribution is -0.131. The molecule has 1 heterocycles. The molecule has 180 valence electrons. The Morgan fingerprint density at radius 2 is 1.97 bits per heavy atom. The maximum absolute atomic E-state index is 14.0. The summed E-state index contributed by atoms with van der Waals surface area (Å²) in [6, 6.07) is 3.83. The van der Waals surface area contributed by atoms with Crippen LogP contribution in [0, 0.1) is 11.2 Å². The topological polar surface area (TPSA) is 146 Å². The number of benzene rings is 1. The van der Waals surface area contributed by atoms with Crippen LogP contribution in [-0.4, -0.2) is 54.3 Å². The zero-order chi connectivity index (χ0) is 24.5. The van der Waals surface area contributed by atoms with E-state index < -0.39 is 21.8 Å². The van der Waals surface area contributed by atoms with Gasteiger partial charge in [0.2, 0.25) is 10.0 Å². The van der Waals surface area contributed by atoms with Gasteiger partial charge >= 0.3 is 5.97 Å². The summed E-state index contributed by atoms with van der Waals surface area (Å²) in [6.07, 6.45) is 3.39. The van der Waals surface area contributed by atoms with E-state index in [0.717, 1.165) is 11.8 Å². The number of anilines is 1. The van der Waals surface area contributed by atoms with Gasteiger partial charge in [-0.15, -0.1) is 0 Å². The number of allylic oxidation sites excluding steroid dienone is 1. The van der Waals surface area contributed by atoms with Crippen molar-refractivity contribution in [2.24, 2.45) is 5.73 Å². The molecular weight excluding hydrogens is 471 g/mol. The molecule has 0 bridgehead atoms. The van der Waals surface area contributed by atoms with E-state index in [1.165, 1.54) is 28.8 Å². The first-order valence-electron chi connectivity index (χ1n) is 10.3. The molecule has 0 unspecified atom stereocenters. The summed E-state index contributed by atoms with van der Waals surface area (Å²) in [5.41, 5.74) is 7.19. The van der Waals surface area contributed by atoms with Gasteiger partial charge in [0, 0.05) is 19.2 Å². The number of halogens is 1. The number of hydrogen-bond donors (Lipinski definition) is 4. The minimum atomic E-state index is -3.28. The van der Waals surface area contributed by atoms with Crippen molar-refractivity contribution in [3.8, 4) is 5.75 Å². The molecule has 1 aromatic rings. The van der Waals surface area contributed by atoms with Crippen molar-refractivity contribution in [2.45, 2.75) is 44.8 Å². The van der Waals surface area contributed by atoms with Crippen molar-refractivity contribution in [2.75, 3.05) is 18.6 Å². The summed E-state index contributed by atoms with van der Waals surface area (Å²) >= 11 is 0.815. The van der Waals surface area contributed by atoms with Crippen LogP contribution in [-0.2, 0) is 14.8 Å². The van der Waals surface area contributed by atoms with Crippen molar-refractivity contribution >= 4 is 38.5 Å². The van der Waals surface area contributed by atoms with Crippen molar-refractivity contribution < 1.29 is 27.4 Å². The summed E-state index contributed by atoms with van der Waals surface area (Å²) in [5, 5.41) is 20.3. The largest absolute Gasteiger partial charge is 0.488 e. The number of carboxylic acids is 1. The Labute approximate surface area is 196 Å². The molecule has 0 aromatic heterocycles. The number of carboxylic acid groups (broad SMARTS) is 1. The number of sulfonamides is 1. The number of nitrogens with zero attached hydrogens (tertiary/aromatic N) is 1. The Morgan fingerprint density at radius 3 is 2.52 bits per heavy atom. The third kappa shape index (κ3) is 5.68. The third-order valence-electron chi connectivity index (χ3n) is 5.80. The molecule has 1 fully saturated rings. The monoisotopic (exact) mass is 498 g/mol. The second-order valence-electron chi connectivity index (χ2n) is 8.07. The van der Waals surface area contributed by atoms with E-state index in [-0.39, 0.29) is 39.2 Å². The fourth-order valence-corrected chi connectivity index (χ4v) is 5.59. The molecule has 5 N–H and O–H groups in total. The van der Waals surface area contributed by atoms with Crippen LogP contribution in [0.1, 0.15) is 32.6 Å². The van der Waals surface area contributed by atoms with Crippen LogP contribution in [0.5, 0.6) is 5.75 Å². The van der Waals surface area contributed by atoms with Gasteiger partial charge in [-0.1, -0.05) is 11.8 Å². The highest BCUT2D eigenvalue weighted by Crippen LogP contribution is 2.39. The van der Waals surface area contributed by atoms with E-state index >= 15 is 0 Å². The number of rotatable bonds is 7. The molecule has 0 amide bonds. The molecule has 12 heteroatoms. The molecule has 1 aromatic carbocycles. The van der Waals surface area contributed by atoms with Gasteiger partial charge in [0.25, 0.3) is 0 Å². The van der Waals surface area contributed by atoms with Gasteiger partial charge in [-0.2, -0.15) is 0 Å². The minimum absolute atomic E-state index is 0.00722. The molecule has 9 nitrogen and oxygen atoms in total. The molecule has 0 spiro atoms. The third-order valence-corrected chi connectivity index (χ3v) is 8.24. The van der Waals surface area contributed by atoms with Gasteiger partial charge < -0.3 is 20.9 Å². The smallest absolute Gasteiger partial charge is 0.342 e. The molecule has 1 saturated carbocycles. The number of aliphatic carboxylic acids is 1. The molecule has 33 heavy (non-hydrogen) atoms. The second-order valence-corrected chi connectivity index (χ2v) is 11.1. The van der Waals surface area contributed by atoms with Crippen LogP contribution < -0.4 is 15.8 Å². The number of hydrogen-bond acceptors (Lipinski definition) is 8. The summed E-state index contributed by atoms with van der Waals surface area (Å²) in [4.78, 5) is 11.4. The fraction of sp³-hybridized carbons (Fsp3) is 0.429. The molecular formula is C21H27FN4O5S2. The van der Waals surface area contributed by atoms with Gasteiger partial charge in [-0.3, -0.25) is 5.41 Å². The lowest BCUT2D eigenvalue weighted by Crippen LogP contribution is -2.40. The molecule has 2 aliphatic rings. The minimum Gasteiger partial charge on any atom is -0.488 e. The van der Waals surface area contributed by atoms with Gasteiger partial charge in [0.05, 0.1) is 23.6 Å². The Bertz CT molecular complexity index is 1140. The van der Waals surface area contributed by atoms with Crippen LogP contribution in [0.4, 0.5) is 10.1 Å². The maximum Gasteiger partial charge on any atom is 0.342 e. The zero-order valence-corrected chi connectivity index (χ0v) is 20.1. The Kier molecular flexibility index (Phi) is 7.39. The quantitative estimate of drug-likeness (QED) is 0.449. The maximum atomic E-state index is 14.0. The van der Waals surface area contributed by atoms with E-state index in [1.54, 1.807) is 14.0 Å². The van der Waals surface area contributed by atoms with Crippen molar-refractivity contribution in [1.29, 1.82) is 5.41 Å². The van der Waals surface area contributed by atoms with E-state index in [9.17, 15) is 22.7 Å². The van der Waals surface area contributed by atoms with Crippen LogP contribution >= 0.6 is 11.8 Å². The molecule has 0 saturated heterocycles. The molecule has 1 aliphatic heterocycles. The standard InChI is InChI=1S/C21H27FN4O5S2/c1-11-17(20(24)32-18(11)21(27)28)19(23)25-15-9-4-12(22)10-16(15)31-14-7-5-13(6-8-14)26(2)33(3,29)30/h4,9-10,13-14,24-25H,5-8,23H2,1-3H3,(H,27,28)/b19-17+,24-20?/t13-,14+. The van der Waals surface area contributed by atoms with Gasteiger partial charge in [0.1, 0.15) is 27.3 Å². The Hall–Kier alpha value is -2.57. The number of carbonyl (C=O) groups is 1. The van der Waals surface area contributed by atoms with Crippen LogP contribution in [0.25, 0.3) is 0 Å². The molecule has 0 radical (unpaired) electrons. The summed E-state index contributed by atoms with van der Waals surface area (Å²) in [5.74, 6) is -1.33. The predicted octanol–water partition coefficient (Wildman–Crippen LogP) is 3.07. The zero-order valence-electron chi connectivity index (χ0n) is 18.5. The normalized spacial score (nSPS) is 23.1. The number of ether oxygens (including phenoxy) is 1. The summed E-state index contributed by atoms with van der Waals surface area (Å²) in [7, 11) is -1.71. The van der Waals surface area contributed by atoms with E-state index in [0.29, 0.717) is 36.9 Å². The summed E-state index contributed by atoms with van der Waals surface area (Å²) < 4.78 is 44.9. The van der Waals surface area contributed by atoms with Crippen molar-refractivity contribution in [3.63, 3.8) is 0 Å². The lowest BCUT2D eigenvalue weighted by atomic mass is 9.93. The highest BCUT2D eigenvalue weighted by atomic mass is 32.2. The molecule has 1 aliphatic carbocycles. The fourth-order valence-electron chi connectivity index (χ4n) is 3.92. The van der Waals surface area contributed by atoms with Crippen molar-refractivity contribution in [3.05, 3.63) is 45.9 Å². The van der Waals surface area contributed by atoms with E-state index in [1.807, 2.05) is 0 Å². The average molecular weight is 499 g/mol. The van der Waals surface area contributed by atoms with Gasteiger partial charge in [-0.25, -0.2) is 21.9 Å². The number of nitrogens with two attached hydrogens (primary N) is 1. The second kappa shape index (κ2) is 9.74. The highest BCUT2D eigenvalue weighted by Gasteiger charge is 2.31. The molecule has 3 rings (SSSR count). The van der Waals surface area contributed by atoms with Crippen LogP contribution in [0.2, 0.25) is 0 Å². The Balaban J connectivity index is 1.77. The first-order chi connectivity index (χ1) is 15.4. The lowest BCUT2D eigenvalue weighted by Gasteiger charge is -2.33. The van der Waals surface area contributed by atoms with Crippen LogP contribution in [0.3, 0.4) is 0 Å². The first-order valence-corrected chi connectivity index (χ1v) is 12.9. The first kappa shape index (κ1) is 25.1. The Morgan fingerprint density at radius 1 is 1.33 bits per heavy atom. The highest BCUT2D eigenvalue weighted by molar-refractivity contribution is 8.18. The van der Waals surface area contributed by atoms with Gasteiger partial charge in [-0.05, 0) is 50.3 Å². The molecule has 0 atom stereocenters. The summed E-state index contributed by atoms with van der Waals surface area (Å²) in [6.45, 7) is 1.58. The number of thioether (sulfide) groups is 1. The average Bonchev–Trinajstić information content (AvgIpc) is 3.03. The van der Waals surface area contributed by atoms with Crippen molar-refractivity contribution in [1.82, 2.24) is 4.31 Å². The number of nitrogens with one attached hydrogen (secondary N) is 2.